The maximum absolute atomic E-state index is 12.9. The van der Waals surface area contributed by atoms with Crippen LogP contribution in [-0.2, 0) is 16.0 Å². The highest BCUT2D eigenvalue weighted by atomic mass is 32.2. The quantitative estimate of drug-likeness (QED) is 0.737. The smallest absolute Gasteiger partial charge is 0.341 e. The molecular formula is C16H14F4N2O3S. The van der Waals surface area contributed by atoms with E-state index in [1.165, 1.54) is 19.2 Å². The van der Waals surface area contributed by atoms with Crippen molar-refractivity contribution in [1.82, 2.24) is 9.88 Å². The highest BCUT2D eigenvalue weighted by molar-refractivity contribution is 7.91. The Bertz CT molecular complexity index is 879. The largest absolute Gasteiger partial charge is 0.417 e. The summed E-state index contributed by atoms with van der Waals surface area (Å²) < 4.78 is 74.7. The van der Waals surface area contributed by atoms with Gasteiger partial charge in [0, 0.05) is 25.4 Å². The van der Waals surface area contributed by atoms with Gasteiger partial charge >= 0.3 is 6.18 Å². The number of alkyl halides is 3. The molecule has 0 N–H and O–H groups in total. The third-order valence-corrected chi connectivity index (χ3v) is 5.11. The van der Waals surface area contributed by atoms with Crippen LogP contribution in [0, 0.1) is 5.82 Å². The van der Waals surface area contributed by atoms with Crippen molar-refractivity contribution >= 4 is 15.7 Å². The van der Waals surface area contributed by atoms with E-state index in [0.717, 1.165) is 23.1 Å². The Labute approximate surface area is 147 Å². The zero-order valence-electron chi connectivity index (χ0n) is 13.5. The van der Waals surface area contributed by atoms with Crippen LogP contribution in [0.25, 0.3) is 0 Å². The molecule has 1 amide bonds. The Morgan fingerprint density at radius 3 is 2.23 bits per heavy atom. The lowest BCUT2D eigenvalue weighted by Crippen LogP contribution is -2.31. The van der Waals surface area contributed by atoms with E-state index in [4.69, 9.17) is 0 Å². The molecule has 0 radical (unpaired) electrons. The van der Waals surface area contributed by atoms with Gasteiger partial charge in [0.15, 0.2) is 14.9 Å². The minimum Gasteiger partial charge on any atom is -0.341 e. The molecule has 10 heteroatoms. The standard InChI is InChI=1S/C16H14F4N2O3S/c1-22(15(23)11-2-5-13(17)6-3-11)8-9-26(24,25)14-7-4-12(10-21-14)16(18,19)20/h2-7,10H,8-9H2,1H3. The van der Waals surface area contributed by atoms with Crippen LogP contribution in [0.1, 0.15) is 15.9 Å². The molecule has 5 nitrogen and oxygen atoms in total. The van der Waals surface area contributed by atoms with Gasteiger partial charge in [0.1, 0.15) is 5.82 Å². The number of aromatic nitrogens is 1. The van der Waals surface area contributed by atoms with Crippen molar-refractivity contribution < 1.29 is 30.8 Å². The van der Waals surface area contributed by atoms with E-state index in [1.54, 1.807) is 0 Å². The van der Waals surface area contributed by atoms with Gasteiger partial charge < -0.3 is 4.90 Å². The zero-order chi connectivity index (χ0) is 19.5. The van der Waals surface area contributed by atoms with Crippen LogP contribution in [0.5, 0.6) is 0 Å². The minimum absolute atomic E-state index is 0.180. The Morgan fingerprint density at radius 2 is 1.73 bits per heavy atom. The van der Waals surface area contributed by atoms with Crippen LogP contribution >= 0.6 is 0 Å². The van der Waals surface area contributed by atoms with Crippen molar-refractivity contribution in [2.24, 2.45) is 0 Å². The molecule has 0 unspecified atom stereocenters. The van der Waals surface area contributed by atoms with E-state index < -0.39 is 44.1 Å². The van der Waals surface area contributed by atoms with Crippen molar-refractivity contribution in [1.29, 1.82) is 0 Å². The van der Waals surface area contributed by atoms with Gasteiger partial charge in [-0.25, -0.2) is 17.8 Å². The number of halogens is 4. The number of amides is 1. The van der Waals surface area contributed by atoms with Gasteiger partial charge in [-0.1, -0.05) is 0 Å². The van der Waals surface area contributed by atoms with Gasteiger partial charge in [-0.15, -0.1) is 0 Å². The monoisotopic (exact) mass is 390 g/mol. The fraction of sp³-hybridized carbons (Fsp3) is 0.250. The van der Waals surface area contributed by atoms with Crippen molar-refractivity contribution in [3.8, 4) is 0 Å². The molecule has 0 aliphatic heterocycles. The van der Waals surface area contributed by atoms with E-state index in [9.17, 15) is 30.8 Å². The Morgan fingerprint density at radius 1 is 1.12 bits per heavy atom. The molecule has 1 aromatic carbocycles. The predicted octanol–water partition coefficient (Wildman–Crippen LogP) is 2.79. The molecule has 1 heterocycles. The Balaban J connectivity index is 2.05. The fourth-order valence-corrected chi connectivity index (χ4v) is 3.22. The van der Waals surface area contributed by atoms with E-state index >= 15 is 0 Å². The summed E-state index contributed by atoms with van der Waals surface area (Å²) in [5.41, 5.74) is -0.876. The second-order valence-electron chi connectivity index (χ2n) is 5.44. The average molecular weight is 390 g/mol. The van der Waals surface area contributed by atoms with Gasteiger partial charge in [-0.2, -0.15) is 13.2 Å². The summed E-state index contributed by atoms with van der Waals surface area (Å²) in [5, 5.41) is -0.506. The average Bonchev–Trinajstić information content (AvgIpc) is 2.59. The number of benzene rings is 1. The molecule has 140 valence electrons. The number of carbonyl (C=O) groups excluding carboxylic acids is 1. The van der Waals surface area contributed by atoms with Crippen LogP contribution in [-0.4, -0.2) is 43.6 Å². The summed E-state index contributed by atoms with van der Waals surface area (Å²) in [6.07, 6.45) is -4.17. The second kappa shape index (κ2) is 7.40. The summed E-state index contributed by atoms with van der Waals surface area (Å²) in [6, 6.07) is 6.14. The minimum atomic E-state index is -4.61. The van der Waals surface area contributed by atoms with Gasteiger partial charge in [0.25, 0.3) is 5.91 Å². The van der Waals surface area contributed by atoms with Gasteiger partial charge in [-0.3, -0.25) is 4.79 Å². The van der Waals surface area contributed by atoms with Crippen LogP contribution in [0.3, 0.4) is 0 Å². The lowest BCUT2D eigenvalue weighted by atomic mass is 10.2. The molecule has 0 saturated heterocycles. The zero-order valence-corrected chi connectivity index (χ0v) is 14.3. The first-order valence-electron chi connectivity index (χ1n) is 7.28. The van der Waals surface area contributed by atoms with Crippen LogP contribution in [0.2, 0.25) is 0 Å². The van der Waals surface area contributed by atoms with Crippen LogP contribution < -0.4 is 0 Å². The van der Waals surface area contributed by atoms with E-state index in [1.807, 2.05) is 0 Å². The summed E-state index contributed by atoms with van der Waals surface area (Å²) >= 11 is 0. The van der Waals surface area contributed by atoms with Crippen molar-refractivity contribution in [2.75, 3.05) is 19.3 Å². The summed E-state index contributed by atoms with van der Waals surface area (Å²) in [5.74, 6) is -1.55. The van der Waals surface area contributed by atoms with Gasteiger partial charge in [0.05, 0.1) is 11.3 Å². The van der Waals surface area contributed by atoms with Crippen LogP contribution in [0.15, 0.2) is 47.6 Å². The SMILES string of the molecule is CN(CCS(=O)(=O)c1ccc(C(F)(F)F)cn1)C(=O)c1ccc(F)cc1. The molecule has 0 bridgehead atoms. The number of rotatable bonds is 5. The first kappa shape index (κ1) is 19.8. The first-order valence-corrected chi connectivity index (χ1v) is 8.93. The third kappa shape index (κ3) is 4.78. The molecule has 0 saturated carbocycles. The topological polar surface area (TPSA) is 67.3 Å². The molecule has 1 aromatic heterocycles. The summed E-state index contributed by atoms with van der Waals surface area (Å²) in [4.78, 5) is 16.6. The van der Waals surface area contributed by atoms with E-state index in [0.29, 0.717) is 12.3 Å². The van der Waals surface area contributed by atoms with Crippen molar-refractivity contribution in [3.63, 3.8) is 0 Å². The van der Waals surface area contributed by atoms with Crippen molar-refractivity contribution in [3.05, 3.63) is 59.5 Å². The molecule has 0 spiro atoms. The lowest BCUT2D eigenvalue weighted by Gasteiger charge is -2.17. The number of carbonyl (C=O) groups is 1. The molecule has 0 fully saturated rings. The maximum Gasteiger partial charge on any atom is 0.417 e. The molecule has 2 rings (SSSR count). The highest BCUT2D eigenvalue weighted by Crippen LogP contribution is 2.28. The molecule has 26 heavy (non-hydrogen) atoms. The normalized spacial score (nSPS) is 12.0. The van der Waals surface area contributed by atoms with Gasteiger partial charge in [-0.05, 0) is 36.4 Å². The first-order chi connectivity index (χ1) is 12.0. The lowest BCUT2D eigenvalue weighted by molar-refractivity contribution is -0.137. The highest BCUT2D eigenvalue weighted by Gasteiger charge is 2.31. The molecular weight excluding hydrogens is 376 g/mol. The second-order valence-corrected chi connectivity index (χ2v) is 7.49. The Hall–Kier alpha value is -2.49. The number of hydrogen-bond acceptors (Lipinski definition) is 4. The third-order valence-electron chi connectivity index (χ3n) is 3.52. The Kier molecular flexibility index (Phi) is 5.65. The number of hydrogen-bond donors (Lipinski definition) is 0. The molecule has 2 aromatic rings. The number of sulfone groups is 1. The van der Waals surface area contributed by atoms with Gasteiger partial charge in [0.2, 0.25) is 0 Å². The maximum atomic E-state index is 12.9. The predicted molar refractivity (Wildman–Crippen MR) is 84.7 cm³/mol. The number of pyridine rings is 1. The van der Waals surface area contributed by atoms with E-state index in [2.05, 4.69) is 4.98 Å². The molecule has 0 atom stereocenters. The number of nitrogens with zero attached hydrogens (tertiary/aromatic N) is 2. The fourth-order valence-electron chi connectivity index (χ4n) is 2.01. The summed E-state index contributed by atoms with van der Waals surface area (Å²) in [7, 11) is -2.61. The molecule has 0 aliphatic rings. The van der Waals surface area contributed by atoms with E-state index in [-0.39, 0.29) is 12.1 Å². The van der Waals surface area contributed by atoms with Crippen molar-refractivity contribution in [2.45, 2.75) is 11.2 Å². The molecule has 0 aliphatic carbocycles. The summed E-state index contributed by atoms with van der Waals surface area (Å²) in [6.45, 7) is -0.207. The van der Waals surface area contributed by atoms with Crippen LogP contribution in [0.4, 0.5) is 17.6 Å².